The lowest BCUT2D eigenvalue weighted by Crippen LogP contribution is -2.31. The van der Waals surface area contributed by atoms with Crippen LogP contribution in [0.1, 0.15) is 36.8 Å². The Bertz CT molecular complexity index is 3630. The highest BCUT2D eigenvalue weighted by Gasteiger charge is 2.57. The van der Waals surface area contributed by atoms with Gasteiger partial charge in [-0.15, -0.1) is 0 Å². The summed E-state index contributed by atoms with van der Waals surface area (Å²) in [5.41, 5.74) is 19.9. The van der Waals surface area contributed by atoms with Crippen molar-refractivity contribution in [3.63, 3.8) is 0 Å². The fourth-order valence-electron chi connectivity index (χ4n) is 12.6. The lowest BCUT2D eigenvalue weighted by atomic mass is 9.66. The maximum atomic E-state index is 6.30. The van der Waals surface area contributed by atoms with Crippen molar-refractivity contribution in [2.75, 3.05) is 4.90 Å². The van der Waals surface area contributed by atoms with Gasteiger partial charge < -0.3 is 13.9 Å². The first-order valence-corrected chi connectivity index (χ1v) is 22.9. The van der Waals surface area contributed by atoms with E-state index >= 15 is 0 Å². The minimum Gasteiger partial charge on any atom is -0.456 e. The number of fused-ring (bicyclic) bond motifs is 14. The van der Waals surface area contributed by atoms with Gasteiger partial charge in [0.15, 0.2) is 0 Å². The summed E-state index contributed by atoms with van der Waals surface area (Å²) in [5, 5.41) is 4.67. The van der Waals surface area contributed by atoms with Crippen LogP contribution in [-0.4, -0.2) is 4.57 Å². The van der Waals surface area contributed by atoms with Gasteiger partial charge in [-0.25, -0.2) is 0 Å². The molecular formula is C61H44N2O. The van der Waals surface area contributed by atoms with Crippen molar-refractivity contribution in [3.05, 3.63) is 217 Å². The van der Waals surface area contributed by atoms with E-state index in [0.717, 1.165) is 56.5 Å². The molecule has 11 aromatic rings. The van der Waals surface area contributed by atoms with Crippen molar-refractivity contribution < 1.29 is 4.42 Å². The molecule has 14 rings (SSSR count). The molecule has 64 heavy (non-hydrogen) atoms. The average molecular weight is 821 g/mol. The van der Waals surface area contributed by atoms with E-state index in [1.54, 1.807) is 11.1 Å². The highest BCUT2D eigenvalue weighted by Crippen LogP contribution is 2.66. The van der Waals surface area contributed by atoms with Crippen LogP contribution >= 0.6 is 0 Å². The Morgan fingerprint density at radius 3 is 1.89 bits per heavy atom. The number of rotatable bonds is 6. The third kappa shape index (κ3) is 5.15. The van der Waals surface area contributed by atoms with E-state index in [-0.39, 0.29) is 5.41 Å². The number of furan rings is 1. The van der Waals surface area contributed by atoms with Crippen LogP contribution in [0.25, 0.3) is 82.8 Å². The lowest BCUT2D eigenvalue weighted by Gasteiger charge is -2.36. The van der Waals surface area contributed by atoms with Gasteiger partial charge in [-0.2, -0.15) is 0 Å². The Hall–Kier alpha value is -7.62. The molecule has 1 spiro atoms. The van der Waals surface area contributed by atoms with E-state index in [9.17, 15) is 0 Å². The molecule has 3 nitrogen and oxygen atoms in total. The van der Waals surface area contributed by atoms with Crippen molar-refractivity contribution in [1.29, 1.82) is 0 Å². The molecule has 2 saturated carbocycles. The summed E-state index contributed by atoms with van der Waals surface area (Å²) in [5.74, 6) is 1.62. The van der Waals surface area contributed by atoms with Gasteiger partial charge in [0, 0.05) is 49.7 Å². The first-order chi connectivity index (χ1) is 31.7. The third-order valence-corrected chi connectivity index (χ3v) is 15.3. The number of anilines is 3. The van der Waals surface area contributed by atoms with Crippen molar-refractivity contribution in [3.8, 4) is 39.1 Å². The molecule has 0 saturated heterocycles. The molecule has 0 aliphatic heterocycles. The minimum atomic E-state index is 0.186. The predicted molar refractivity (Wildman–Crippen MR) is 265 cm³/mol. The number of hydrogen-bond donors (Lipinski definition) is 0. The van der Waals surface area contributed by atoms with E-state index in [4.69, 9.17) is 4.42 Å². The molecule has 0 amide bonds. The maximum absolute atomic E-state index is 6.30. The SMILES string of the molecule is c1ccc(-n2c3ccccc3c3cc(N(c4ccc(-c5ccc(-c6cccc7c6-c6ccccc6C76CC7CCC6C7)cc5)cc4)c4ccc5oc6ccccc6c5c4)ccc32)cc1. The van der Waals surface area contributed by atoms with Crippen LogP contribution in [0.2, 0.25) is 0 Å². The van der Waals surface area contributed by atoms with Gasteiger partial charge in [-0.3, -0.25) is 0 Å². The quantitative estimate of drug-likeness (QED) is 0.167. The molecule has 3 aliphatic carbocycles. The summed E-state index contributed by atoms with van der Waals surface area (Å²) in [6, 6.07) is 76.1. The summed E-state index contributed by atoms with van der Waals surface area (Å²) in [7, 11) is 0. The molecular weight excluding hydrogens is 777 g/mol. The minimum absolute atomic E-state index is 0.186. The number of benzene rings is 9. The number of aromatic nitrogens is 1. The molecule has 3 atom stereocenters. The summed E-state index contributed by atoms with van der Waals surface area (Å²) < 4.78 is 8.68. The van der Waals surface area contributed by atoms with Crippen LogP contribution in [0.4, 0.5) is 17.1 Å². The molecule has 3 heteroatoms. The molecule has 2 aromatic heterocycles. The van der Waals surface area contributed by atoms with Crippen molar-refractivity contribution in [2.45, 2.75) is 31.1 Å². The number of hydrogen-bond acceptors (Lipinski definition) is 2. The third-order valence-electron chi connectivity index (χ3n) is 15.3. The van der Waals surface area contributed by atoms with Crippen molar-refractivity contribution in [1.82, 2.24) is 4.57 Å². The zero-order valence-corrected chi connectivity index (χ0v) is 35.4. The Kier molecular flexibility index (Phi) is 7.68. The topological polar surface area (TPSA) is 21.3 Å². The van der Waals surface area contributed by atoms with Gasteiger partial charge in [-0.05, 0) is 148 Å². The fourth-order valence-corrected chi connectivity index (χ4v) is 12.6. The zero-order chi connectivity index (χ0) is 41.9. The molecule has 3 aliphatic rings. The van der Waals surface area contributed by atoms with Crippen LogP contribution in [-0.2, 0) is 5.41 Å². The van der Waals surface area contributed by atoms with Gasteiger partial charge in [0.1, 0.15) is 11.2 Å². The normalized spacial score (nSPS) is 18.4. The second-order valence-electron chi connectivity index (χ2n) is 18.5. The van der Waals surface area contributed by atoms with E-state index in [1.807, 2.05) is 12.1 Å². The number of nitrogens with zero attached hydrogens (tertiary/aromatic N) is 2. The standard InChI is InChI=1S/C61H44N2O/c1-2-11-44(12-3-1)63-56-19-8-5-13-49(56)52-36-46(31-33-57(52)63)62(47-32-34-59-53(37-47)50-14-6-9-20-58(50)64-59)45-29-26-41(27-30-45)40-22-24-42(25-23-40)48-16-10-18-55-60(48)51-15-4-7-17-54(51)61(55)38-39-21-28-43(61)35-39/h1-20,22-27,29-34,36-37,39,43H,21,28,35,38H2. The molecule has 3 unspecified atom stereocenters. The molecule has 0 N–H and O–H groups in total. The highest BCUT2D eigenvalue weighted by atomic mass is 16.3. The van der Waals surface area contributed by atoms with Crippen LogP contribution < -0.4 is 4.90 Å². The molecule has 2 bridgehead atoms. The Balaban J connectivity index is 0.861. The molecule has 9 aromatic carbocycles. The van der Waals surface area contributed by atoms with Gasteiger partial charge in [-0.1, -0.05) is 140 Å². The Morgan fingerprint density at radius 1 is 0.453 bits per heavy atom. The van der Waals surface area contributed by atoms with Gasteiger partial charge in [0.25, 0.3) is 0 Å². The summed E-state index contributed by atoms with van der Waals surface area (Å²) in [6.07, 6.45) is 5.45. The highest BCUT2D eigenvalue weighted by molar-refractivity contribution is 6.11. The molecule has 0 radical (unpaired) electrons. The van der Waals surface area contributed by atoms with Gasteiger partial charge >= 0.3 is 0 Å². The van der Waals surface area contributed by atoms with Crippen molar-refractivity contribution >= 4 is 60.8 Å². The van der Waals surface area contributed by atoms with Gasteiger partial charge in [0.05, 0.1) is 11.0 Å². The van der Waals surface area contributed by atoms with Crippen molar-refractivity contribution in [2.24, 2.45) is 11.8 Å². The van der Waals surface area contributed by atoms with Crippen LogP contribution in [0.15, 0.2) is 211 Å². The molecule has 304 valence electrons. The first-order valence-electron chi connectivity index (χ1n) is 22.9. The number of para-hydroxylation sites is 3. The summed E-state index contributed by atoms with van der Waals surface area (Å²) in [4.78, 5) is 2.39. The van der Waals surface area contributed by atoms with Crippen LogP contribution in [0, 0.1) is 11.8 Å². The first kappa shape index (κ1) is 35.9. The summed E-state index contributed by atoms with van der Waals surface area (Å²) in [6.45, 7) is 0. The predicted octanol–water partition coefficient (Wildman–Crippen LogP) is 16.6. The van der Waals surface area contributed by atoms with E-state index < -0.39 is 0 Å². The maximum Gasteiger partial charge on any atom is 0.135 e. The van der Waals surface area contributed by atoms with E-state index in [2.05, 4.69) is 204 Å². The molecule has 2 fully saturated rings. The second kappa shape index (κ2) is 13.7. The van der Waals surface area contributed by atoms with E-state index in [0.29, 0.717) is 0 Å². The van der Waals surface area contributed by atoms with Crippen LogP contribution in [0.3, 0.4) is 0 Å². The summed E-state index contributed by atoms with van der Waals surface area (Å²) >= 11 is 0. The lowest BCUT2D eigenvalue weighted by molar-refractivity contribution is 0.327. The van der Waals surface area contributed by atoms with Crippen LogP contribution in [0.5, 0.6) is 0 Å². The largest absolute Gasteiger partial charge is 0.456 e. The fraction of sp³-hybridized carbons (Fsp3) is 0.115. The smallest absolute Gasteiger partial charge is 0.135 e. The average Bonchev–Trinajstić information content (AvgIpc) is 4.19. The Labute approximate surface area is 372 Å². The zero-order valence-electron chi connectivity index (χ0n) is 35.4. The van der Waals surface area contributed by atoms with Gasteiger partial charge in [0.2, 0.25) is 0 Å². The second-order valence-corrected chi connectivity index (χ2v) is 18.5. The van der Waals surface area contributed by atoms with E-state index in [1.165, 1.54) is 80.9 Å². The Morgan fingerprint density at radius 2 is 1.08 bits per heavy atom. The monoisotopic (exact) mass is 820 g/mol. The molecule has 2 heterocycles.